The van der Waals surface area contributed by atoms with E-state index in [4.69, 9.17) is 0 Å². The monoisotopic (exact) mass is 259 g/mol. The Kier molecular flexibility index (Phi) is 2.93. The molecule has 0 radical (unpaired) electrons. The molecule has 3 aromatic rings. The number of thiazole rings is 1. The van der Waals surface area contributed by atoms with Gasteiger partial charge in [0.2, 0.25) is 0 Å². The summed E-state index contributed by atoms with van der Waals surface area (Å²) in [5.74, 6) is 0.995. The fourth-order valence-corrected chi connectivity index (χ4v) is 2.69. The molecule has 92 valence electrons. The maximum atomic E-state index is 4.43. The Morgan fingerprint density at radius 2 is 2.28 bits per heavy atom. The van der Waals surface area contributed by atoms with Gasteiger partial charge in [-0.05, 0) is 13.0 Å². The second kappa shape index (κ2) is 4.73. The van der Waals surface area contributed by atoms with Crippen molar-refractivity contribution in [2.45, 2.75) is 19.9 Å². The van der Waals surface area contributed by atoms with Crippen molar-refractivity contribution in [2.24, 2.45) is 0 Å². The fraction of sp³-hybridized carbons (Fsp3) is 0.250. The van der Waals surface area contributed by atoms with Crippen LogP contribution in [0.15, 0.2) is 30.2 Å². The van der Waals surface area contributed by atoms with E-state index in [1.54, 1.807) is 17.5 Å². The topological polar surface area (TPSA) is 59.4 Å². The van der Waals surface area contributed by atoms with Gasteiger partial charge in [-0.2, -0.15) is 5.10 Å². The molecule has 3 aromatic heterocycles. The molecule has 0 aliphatic carbocycles. The van der Waals surface area contributed by atoms with Gasteiger partial charge in [-0.25, -0.2) is 9.97 Å². The molecule has 0 saturated heterocycles. The highest BCUT2D eigenvalue weighted by Gasteiger charge is 2.11. The number of imidazole rings is 1. The van der Waals surface area contributed by atoms with Gasteiger partial charge >= 0.3 is 0 Å². The molecule has 6 heteroatoms. The molecule has 5 nitrogen and oxygen atoms in total. The van der Waals surface area contributed by atoms with Gasteiger partial charge in [0, 0.05) is 37.3 Å². The third-order valence-electron chi connectivity index (χ3n) is 2.84. The summed E-state index contributed by atoms with van der Waals surface area (Å²) in [7, 11) is 0. The minimum absolute atomic E-state index is 0.884. The third kappa shape index (κ3) is 2.06. The Morgan fingerprint density at radius 1 is 1.33 bits per heavy atom. The van der Waals surface area contributed by atoms with E-state index >= 15 is 0 Å². The van der Waals surface area contributed by atoms with E-state index in [-0.39, 0.29) is 0 Å². The summed E-state index contributed by atoms with van der Waals surface area (Å²) in [6, 6.07) is 1.99. The number of aryl methyl sites for hydroxylation is 3. The molecule has 18 heavy (non-hydrogen) atoms. The summed E-state index contributed by atoms with van der Waals surface area (Å²) in [6.07, 6.45) is 6.53. The number of H-pyrrole nitrogens is 1. The molecule has 0 aliphatic heterocycles. The van der Waals surface area contributed by atoms with Crippen LogP contribution in [0.25, 0.3) is 10.7 Å². The SMILES string of the molecule is Cc1ncsc1-c1nccn1CCc1ccn[nH]1. The zero-order valence-electron chi connectivity index (χ0n) is 10.00. The number of nitrogens with one attached hydrogen (secondary N) is 1. The summed E-state index contributed by atoms with van der Waals surface area (Å²) in [4.78, 5) is 9.84. The van der Waals surface area contributed by atoms with E-state index in [1.165, 1.54) is 0 Å². The number of nitrogens with zero attached hydrogens (tertiary/aromatic N) is 4. The fourth-order valence-electron chi connectivity index (χ4n) is 1.88. The first-order valence-electron chi connectivity index (χ1n) is 5.74. The van der Waals surface area contributed by atoms with Crippen LogP contribution >= 0.6 is 11.3 Å². The van der Waals surface area contributed by atoms with Crippen molar-refractivity contribution in [3.63, 3.8) is 0 Å². The van der Waals surface area contributed by atoms with Gasteiger partial charge in [-0.3, -0.25) is 5.10 Å². The zero-order valence-corrected chi connectivity index (χ0v) is 10.8. The highest BCUT2D eigenvalue weighted by atomic mass is 32.1. The summed E-state index contributed by atoms with van der Waals surface area (Å²) in [5.41, 5.74) is 4.03. The average molecular weight is 259 g/mol. The number of hydrogen-bond donors (Lipinski definition) is 1. The van der Waals surface area contributed by atoms with Gasteiger partial charge in [-0.15, -0.1) is 11.3 Å². The number of aromatic amines is 1. The predicted molar refractivity (Wildman–Crippen MR) is 70.4 cm³/mol. The molecule has 3 rings (SSSR count). The maximum Gasteiger partial charge on any atom is 0.151 e. The first-order valence-corrected chi connectivity index (χ1v) is 6.62. The van der Waals surface area contributed by atoms with Gasteiger partial charge in [0.25, 0.3) is 0 Å². The smallest absolute Gasteiger partial charge is 0.151 e. The minimum atomic E-state index is 0.884. The van der Waals surface area contributed by atoms with E-state index in [9.17, 15) is 0 Å². The molecule has 0 spiro atoms. The van der Waals surface area contributed by atoms with E-state index in [2.05, 4.69) is 24.7 Å². The highest BCUT2D eigenvalue weighted by molar-refractivity contribution is 7.13. The van der Waals surface area contributed by atoms with Gasteiger partial charge in [0.1, 0.15) is 0 Å². The van der Waals surface area contributed by atoms with Crippen LogP contribution in [0, 0.1) is 6.92 Å². The van der Waals surface area contributed by atoms with Crippen LogP contribution in [0.2, 0.25) is 0 Å². The first kappa shape index (κ1) is 11.2. The maximum absolute atomic E-state index is 4.43. The van der Waals surface area contributed by atoms with Crippen LogP contribution in [0.1, 0.15) is 11.4 Å². The van der Waals surface area contributed by atoms with Crippen molar-refractivity contribution in [3.8, 4) is 10.7 Å². The lowest BCUT2D eigenvalue weighted by molar-refractivity contribution is 0.690. The molecular weight excluding hydrogens is 246 g/mol. The number of hydrogen-bond acceptors (Lipinski definition) is 4. The summed E-state index contributed by atoms with van der Waals surface area (Å²) >= 11 is 1.63. The first-order chi connectivity index (χ1) is 8.84. The second-order valence-electron chi connectivity index (χ2n) is 4.04. The Bertz CT molecular complexity index is 622. The Hall–Kier alpha value is -1.95. The molecule has 0 aromatic carbocycles. The van der Waals surface area contributed by atoms with Crippen LogP contribution in [0.4, 0.5) is 0 Å². The average Bonchev–Trinajstić information content (AvgIpc) is 3.06. The molecule has 0 unspecified atom stereocenters. The Balaban J connectivity index is 1.82. The highest BCUT2D eigenvalue weighted by Crippen LogP contribution is 2.25. The Labute approximate surface area is 109 Å². The lowest BCUT2D eigenvalue weighted by atomic mass is 10.3. The lowest BCUT2D eigenvalue weighted by Crippen LogP contribution is -2.02. The van der Waals surface area contributed by atoms with Gasteiger partial charge < -0.3 is 4.57 Å². The van der Waals surface area contributed by atoms with Crippen LogP contribution in [-0.2, 0) is 13.0 Å². The quantitative estimate of drug-likeness (QED) is 0.782. The second-order valence-corrected chi connectivity index (χ2v) is 4.90. The van der Waals surface area contributed by atoms with Crippen molar-refractivity contribution in [1.82, 2.24) is 24.7 Å². The third-order valence-corrected chi connectivity index (χ3v) is 3.77. The number of aromatic nitrogens is 5. The van der Waals surface area contributed by atoms with Gasteiger partial charge in [-0.1, -0.05) is 0 Å². The molecule has 1 N–H and O–H groups in total. The summed E-state index contributed by atoms with van der Waals surface area (Å²) < 4.78 is 2.15. The lowest BCUT2D eigenvalue weighted by Gasteiger charge is -2.05. The van der Waals surface area contributed by atoms with Crippen LogP contribution < -0.4 is 0 Å². The van der Waals surface area contributed by atoms with Crippen molar-refractivity contribution < 1.29 is 0 Å². The Morgan fingerprint density at radius 3 is 3.00 bits per heavy atom. The molecule has 0 bridgehead atoms. The minimum Gasteiger partial charge on any atom is -0.330 e. The summed E-state index contributed by atoms with van der Waals surface area (Å²) in [5, 5.41) is 6.92. The molecule has 3 heterocycles. The standard InChI is InChI=1S/C12H13N5S/c1-9-11(18-8-14-9)12-13-5-7-17(12)6-3-10-2-4-15-16-10/h2,4-5,7-8H,3,6H2,1H3,(H,15,16). The van der Waals surface area contributed by atoms with Crippen LogP contribution in [-0.4, -0.2) is 24.7 Å². The van der Waals surface area contributed by atoms with E-state index in [0.717, 1.165) is 35.1 Å². The van der Waals surface area contributed by atoms with E-state index in [1.807, 2.05) is 30.9 Å². The van der Waals surface area contributed by atoms with Crippen molar-refractivity contribution in [3.05, 3.63) is 41.6 Å². The molecule has 0 fully saturated rings. The van der Waals surface area contributed by atoms with Crippen LogP contribution in [0.5, 0.6) is 0 Å². The van der Waals surface area contributed by atoms with Crippen molar-refractivity contribution in [2.75, 3.05) is 0 Å². The van der Waals surface area contributed by atoms with E-state index in [0.29, 0.717) is 0 Å². The zero-order chi connectivity index (χ0) is 12.4. The largest absolute Gasteiger partial charge is 0.330 e. The van der Waals surface area contributed by atoms with Gasteiger partial charge in [0.05, 0.1) is 16.1 Å². The van der Waals surface area contributed by atoms with Crippen molar-refractivity contribution in [1.29, 1.82) is 0 Å². The molecule has 0 atom stereocenters. The normalized spacial score (nSPS) is 10.9. The molecular formula is C12H13N5S. The molecule has 0 aliphatic rings. The van der Waals surface area contributed by atoms with Crippen LogP contribution in [0.3, 0.4) is 0 Å². The predicted octanol–water partition coefficient (Wildman–Crippen LogP) is 2.28. The number of rotatable bonds is 4. The van der Waals surface area contributed by atoms with Crippen molar-refractivity contribution >= 4 is 11.3 Å². The van der Waals surface area contributed by atoms with Gasteiger partial charge in [0.15, 0.2) is 5.82 Å². The summed E-state index contributed by atoms with van der Waals surface area (Å²) in [6.45, 7) is 2.90. The molecule has 0 saturated carbocycles. The van der Waals surface area contributed by atoms with E-state index < -0.39 is 0 Å². The molecule has 0 amide bonds.